The Labute approximate surface area is 187 Å². The van der Waals surface area contributed by atoms with Crippen molar-refractivity contribution in [3.05, 3.63) is 101 Å². The summed E-state index contributed by atoms with van der Waals surface area (Å²) in [6, 6.07) is 24.1. The van der Waals surface area contributed by atoms with Gasteiger partial charge in [0.25, 0.3) is 5.91 Å². The van der Waals surface area contributed by atoms with E-state index in [1.807, 2.05) is 67.6 Å². The highest BCUT2D eigenvalue weighted by atomic mass is 16.5. The van der Waals surface area contributed by atoms with E-state index in [1.54, 1.807) is 25.3 Å². The zero-order valence-electron chi connectivity index (χ0n) is 18.0. The van der Waals surface area contributed by atoms with Gasteiger partial charge < -0.3 is 9.47 Å². The number of carbonyl (C=O) groups is 2. The lowest BCUT2D eigenvalue weighted by Crippen LogP contribution is -2.31. The van der Waals surface area contributed by atoms with E-state index < -0.39 is 5.97 Å². The maximum atomic E-state index is 13.0. The number of hydrazone groups is 1. The average molecular weight is 428 g/mol. The van der Waals surface area contributed by atoms with E-state index in [2.05, 4.69) is 5.10 Å². The lowest BCUT2D eigenvalue weighted by atomic mass is 9.98. The monoisotopic (exact) mass is 428 g/mol. The van der Waals surface area contributed by atoms with Crippen LogP contribution < -0.4 is 4.74 Å². The van der Waals surface area contributed by atoms with Gasteiger partial charge >= 0.3 is 5.97 Å². The first-order valence-corrected chi connectivity index (χ1v) is 10.4. The van der Waals surface area contributed by atoms with Crippen molar-refractivity contribution in [3.63, 3.8) is 0 Å². The molecule has 0 spiro atoms. The predicted octanol–water partition coefficient (Wildman–Crippen LogP) is 4.54. The maximum absolute atomic E-state index is 13.0. The van der Waals surface area contributed by atoms with Crippen LogP contribution in [-0.4, -0.2) is 36.3 Å². The number of hydrogen-bond donors (Lipinski definition) is 0. The van der Waals surface area contributed by atoms with Crippen LogP contribution in [0, 0.1) is 6.92 Å². The molecular formula is C26H24N2O4. The van der Waals surface area contributed by atoms with Crippen molar-refractivity contribution in [1.29, 1.82) is 0 Å². The average Bonchev–Trinajstić information content (AvgIpc) is 3.28. The SMILES string of the molecule is COc1ccc([C@@H]2CC(c3ccccc3)=NN2C(=O)COC(=O)c2cccc(C)c2)cc1. The highest BCUT2D eigenvalue weighted by Crippen LogP contribution is 2.33. The minimum absolute atomic E-state index is 0.290. The van der Waals surface area contributed by atoms with E-state index in [4.69, 9.17) is 9.47 Å². The van der Waals surface area contributed by atoms with Gasteiger partial charge in [-0.1, -0.05) is 60.2 Å². The molecule has 0 aromatic heterocycles. The Balaban J connectivity index is 1.54. The van der Waals surface area contributed by atoms with Gasteiger partial charge in [0.2, 0.25) is 0 Å². The Bertz CT molecular complexity index is 1140. The Morgan fingerprint density at radius 3 is 2.44 bits per heavy atom. The highest BCUT2D eigenvalue weighted by molar-refractivity contribution is 6.03. The van der Waals surface area contributed by atoms with Gasteiger partial charge in [0.05, 0.1) is 24.4 Å². The topological polar surface area (TPSA) is 68.2 Å². The molecule has 0 saturated heterocycles. The molecule has 32 heavy (non-hydrogen) atoms. The number of ether oxygens (including phenoxy) is 2. The highest BCUT2D eigenvalue weighted by Gasteiger charge is 2.33. The zero-order valence-corrected chi connectivity index (χ0v) is 18.0. The second-order valence-corrected chi connectivity index (χ2v) is 7.59. The van der Waals surface area contributed by atoms with E-state index in [1.165, 1.54) is 5.01 Å². The molecule has 0 bridgehead atoms. The van der Waals surface area contributed by atoms with Gasteiger partial charge in [-0.25, -0.2) is 9.80 Å². The second kappa shape index (κ2) is 9.47. The second-order valence-electron chi connectivity index (χ2n) is 7.59. The van der Waals surface area contributed by atoms with E-state index in [9.17, 15) is 9.59 Å². The third-order valence-electron chi connectivity index (χ3n) is 5.35. The first-order chi connectivity index (χ1) is 15.5. The van der Waals surface area contributed by atoms with Crippen LogP contribution in [0.15, 0.2) is 84.0 Å². The number of benzene rings is 3. The maximum Gasteiger partial charge on any atom is 0.338 e. The fourth-order valence-electron chi connectivity index (χ4n) is 3.68. The number of hydrogen-bond acceptors (Lipinski definition) is 5. The molecule has 4 rings (SSSR count). The van der Waals surface area contributed by atoms with Crippen molar-refractivity contribution < 1.29 is 19.1 Å². The van der Waals surface area contributed by atoms with Crippen molar-refractivity contribution in [2.24, 2.45) is 5.10 Å². The van der Waals surface area contributed by atoms with Crippen LogP contribution in [0.4, 0.5) is 0 Å². The van der Waals surface area contributed by atoms with Crippen LogP contribution in [0.2, 0.25) is 0 Å². The molecule has 0 saturated carbocycles. The fourth-order valence-corrected chi connectivity index (χ4v) is 3.68. The number of amides is 1. The molecule has 3 aromatic rings. The fraction of sp³-hybridized carbons (Fsp3) is 0.192. The van der Waals surface area contributed by atoms with E-state index in [0.29, 0.717) is 12.0 Å². The van der Waals surface area contributed by atoms with Gasteiger partial charge in [-0.3, -0.25) is 4.79 Å². The lowest BCUT2D eigenvalue weighted by Gasteiger charge is -2.22. The van der Waals surface area contributed by atoms with Crippen LogP contribution >= 0.6 is 0 Å². The van der Waals surface area contributed by atoms with Crippen LogP contribution in [0.5, 0.6) is 5.75 Å². The Kier molecular flexibility index (Phi) is 6.31. The minimum atomic E-state index is -0.533. The molecule has 1 aliphatic heterocycles. The standard InChI is InChI=1S/C26H24N2O4/c1-18-7-6-10-21(15-18)26(30)32-17-25(29)28-24(20-11-13-22(31-2)14-12-20)16-23(27-28)19-8-4-3-5-9-19/h3-15,24H,16-17H2,1-2H3/t24-/m0/s1. The summed E-state index contributed by atoms with van der Waals surface area (Å²) in [7, 11) is 1.61. The third kappa shape index (κ3) is 4.70. The quantitative estimate of drug-likeness (QED) is 0.541. The molecule has 1 amide bonds. The smallest absolute Gasteiger partial charge is 0.338 e. The molecule has 1 aliphatic rings. The molecule has 1 heterocycles. The van der Waals surface area contributed by atoms with Gasteiger partial charge in [-0.15, -0.1) is 0 Å². The molecule has 0 unspecified atom stereocenters. The first kappa shape index (κ1) is 21.3. The molecule has 1 atom stereocenters. The summed E-state index contributed by atoms with van der Waals surface area (Å²) in [5, 5.41) is 6.03. The number of aryl methyl sites for hydroxylation is 1. The minimum Gasteiger partial charge on any atom is -0.497 e. The van der Waals surface area contributed by atoms with Crippen LogP contribution in [-0.2, 0) is 9.53 Å². The summed E-state index contributed by atoms with van der Waals surface area (Å²) in [5.74, 6) is -0.173. The molecule has 0 fully saturated rings. The van der Waals surface area contributed by atoms with Gasteiger partial charge in [-0.2, -0.15) is 5.10 Å². The number of nitrogens with zero attached hydrogens (tertiary/aromatic N) is 2. The summed E-state index contributed by atoms with van der Waals surface area (Å²) in [4.78, 5) is 25.4. The molecule has 3 aromatic carbocycles. The van der Waals surface area contributed by atoms with Crippen LogP contribution in [0.25, 0.3) is 0 Å². The van der Waals surface area contributed by atoms with Crippen LogP contribution in [0.3, 0.4) is 0 Å². The van der Waals surface area contributed by atoms with Crippen molar-refractivity contribution >= 4 is 17.6 Å². The van der Waals surface area contributed by atoms with Crippen molar-refractivity contribution in [1.82, 2.24) is 5.01 Å². The first-order valence-electron chi connectivity index (χ1n) is 10.4. The van der Waals surface area contributed by atoms with Crippen molar-refractivity contribution in [3.8, 4) is 5.75 Å². The summed E-state index contributed by atoms with van der Waals surface area (Å²) in [5.41, 5.74) is 4.06. The molecule has 162 valence electrons. The summed E-state index contributed by atoms with van der Waals surface area (Å²) < 4.78 is 10.5. The Morgan fingerprint density at radius 2 is 1.75 bits per heavy atom. The molecule has 0 aliphatic carbocycles. The molecule has 0 radical (unpaired) electrons. The van der Waals surface area contributed by atoms with E-state index in [-0.39, 0.29) is 18.6 Å². The van der Waals surface area contributed by atoms with Gasteiger partial charge in [0, 0.05) is 6.42 Å². The van der Waals surface area contributed by atoms with Gasteiger partial charge in [0.15, 0.2) is 6.61 Å². The van der Waals surface area contributed by atoms with E-state index >= 15 is 0 Å². The third-order valence-corrected chi connectivity index (χ3v) is 5.35. The van der Waals surface area contributed by atoms with Gasteiger partial charge in [0.1, 0.15) is 5.75 Å². The Hall–Kier alpha value is -3.93. The van der Waals surface area contributed by atoms with E-state index in [0.717, 1.165) is 28.2 Å². The number of esters is 1. The number of rotatable bonds is 6. The molecule has 6 heteroatoms. The Morgan fingerprint density at radius 1 is 1.00 bits per heavy atom. The predicted molar refractivity (Wildman–Crippen MR) is 122 cm³/mol. The summed E-state index contributed by atoms with van der Waals surface area (Å²) in [6.07, 6.45) is 0.563. The molecule has 6 nitrogen and oxygen atoms in total. The normalized spacial score (nSPS) is 15.2. The molecule has 0 N–H and O–H groups in total. The van der Waals surface area contributed by atoms with Crippen LogP contribution in [0.1, 0.15) is 39.5 Å². The van der Waals surface area contributed by atoms with Gasteiger partial charge in [-0.05, 0) is 42.3 Å². The lowest BCUT2D eigenvalue weighted by molar-refractivity contribution is -0.136. The zero-order chi connectivity index (χ0) is 22.5. The van der Waals surface area contributed by atoms with Crippen molar-refractivity contribution in [2.45, 2.75) is 19.4 Å². The summed E-state index contributed by atoms with van der Waals surface area (Å²) in [6.45, 7) is 1.51. The summed E-state index contributed by atoms with van der Waals surface area (Å²) >= 11 is 0. The number of methoxy groups -OCH3 is 1. The largest absolute Gasteiger partial charge is 0.497 e. The number of carbonyl (C=O) groups excluding carboxylic acids is 2. The molecular weight excluding hydrogens is 404 g/mol. The van der Waals surface area contributed by atoms with Crippen molar-refractivity contribution in [2.75, 3.05) is 13.7 Å².